The zero-order valence-corrected chi connectivity index (χ0v) is 12.5. The first-order chi connectivity index (χ1) is 10.6. The molecule has 3 rings (SSSR count). The van der Waals surface area contributed by atoms with E-state index in [1.807, 2.05) is 24.3 Å². The van der Waals surface area contributed by atoms with Gasteiger partial charge in [-0.1, -0.05) is 12.1 Å². The van der Waals surface area contributed by atoms with Crippen molar-refractivity contribution < 1.29 is 19.4 Å². The molecule has 2 atom stereocenters. The standard InChI is InChI=1S/C17H21NO4/c19-16(18-7-2-5-14(10-18)17(20)21)13-4-1-3-12(9-13)15-6-8-22-11-15/h1,3-4,9,14-15H,2,5-8,10-11H2,(H,20,21). The topological polar surface area (TPSA) is 66.8 Å². The fourth-order valence-corrected chi connectivity index (χ4v) is 3.27. The second-order valence-corrected chi connectivity index (χ2v) is 6.11. The summed E-state index contributed by atoms with van der Waals surface area (Å²) in [7, 11) is 0. The number of carboxylic acids is 1. The number of carbonyl (C=O) groups is 2. The molecule has 0 saturated carbocycles. The highest BCUT2D eigenvalue weighted by Gasteiger charge is 2.29. The number of carbonyl (C=O) groups excluding carboxylic acids is 1. The predicted molar refractivity (Wildman–Crippen MR) is 80.9 cm³/mol. The molecule has 2 aliphatic heterocycles. The minimum atomic E-state index is -0.811. The Hall–Kier alpha value is -1.88. The second kappa shape index (κ2) is 6.48. The van der Waals surface area contributed by atoms with Crippen molar-refractivity contribution in [3.63, 3.8) is 0 Å². The van der Waals surface area contributed by atoms with Crippen LogP contribution in [-0.2, 0) is 9.53 Å². The largest absolute Gasteiger partial charge is 0.481 e. The van der Waals surface area contributed by atoms with Crippen LogP contribution in [0, 0.1) is 5.92 Å². The number of piperidine rings is 1. The summed E-state index contributed by atoms with van der Waals surface area (Å²) in [6, 6.07) is 7.68. The highest BCUT2D eigenvalue weighted by molar-refractivity contribution is 5.94. The fraction of sp³-hybridized carbons (Fsp3) is 0.529. The summed E-state index contributed by atoms with van der Waals surface area (Å²) in [5.74, 6) is -0.953. The number of aliphatic carboxylic acids is 1. The number of rotatable bonds is 3. The van der Waals surface area contributed by atoms with E-state index in [9.17, 15) is 9.59 Å². The number of amides is 1. The average Bonchev–Trinajstić information content (AvgIpc) is 3.09. The van der Waals surface area contributed by atoms with Gasteiger partial charge in [-0.05, 0) is 37.0 Å². The van der Waals surface area contributed by atoms with E-state index in [0.29, 0.717) is 37.6 Å². The van der Waals surface area contributed by atoms with Crippen molar-refractivity contribution in [2.24, 2.45) is 5.92 Å². The van der Waals surface area contributed by atoms with Crippen LogP contribution in [0.4, 0.5) is 0 Å². The molecule has 0 bridgehead atoms. The van der Waals surface area contributed by atoms with E-state index >= 15 is 0 Å². The molecular weight excluding hydrogens is 282 g/mol. The quantitative estimate of drug-likeness (QED) is 0.929. The van der Waals surface area contributed by atoms with Crippen molar-refractivity contribution >= 4 is 11.9 Å². The van der Waals surface area contributed by atoms with Crippen LogP contribution in [0.15, 0.2) is 24.3 Å². The Morgan fingerprint density at radius 3 is 2.86 bits per heavy atom. The molecule has 1 N–H and O–H groups in total. The van der Waals surface area contributed by atoms with Gasteiger partial charge in [-0.15, -0.1) is 0 Å². The van der Waals surface area contributed by atoms with Crippen LogP contribution < -0.4 is 0 Å². The molecule has 1 amide bonds. The Balaban J connectivity index is 1.74. The maximum Gasteiger partial charge on any atom is 0.308 e. The molecule has 2 aliphatic rings. The van der Waals surface area contributed by atoms with Crippen molar-refractivity contribution in [3.8, 4) is 0 Å². The number of hydrogen-bond acceptors (Lipinski definition) is 3. The average molecular weight is 303 g/mol. The van der Waals surface area contributed by atoms with Gasteiger partial charge in [0.1, 0.15) is 0 Å². The normalized spacial score (nSPS) is 25.2. The van der Waals surface area contributed by atoms with Crippen molar-refractivity contribution in [1.82, 2.24) is 4.90 Å². The lowest BCUT2D eigenvalue weighted by atomic mass is 9.95. The molecule has 1 aromatic carbocycles. The minimum absolute atomic E-state index is 0.0632. The molecule has 1 aromatic rings. The summed E-state index contributed by atoms with van der Waals surface area (Å²) >= 11 is 0. The van der Waals surface area contributed by atoms with Crippen LogP contribution >= 0.6 is 0 Å². The van der Waals surface area contributed by atoms with E-state index < -0.39 is 11.9 Å². The predicted octanol–water partition coefficient (Wildman–Crippen LogP) is 2.13. The van der Waals surface area contributed by atoms with Crippen LogP contribution in [0.1, 0.15) is 41.1 Å². The first-order valence-electron chi connectivity index (χ1n) is 7.85. The second-order valence-electron chi connectivity index (χ2n) is 6.11. The van der Waals surface area contributed by atoms with Crippen LogP contribution in [0.5, 0.6) is 0 Å². The molecular formula is C17H21NO4. The molecule has 5 nitrogen and oxygen atoms in total. The SMILES string of the molecule is O=C(O)C1CCCN(C(=O)c2cccc(C3CCOC3)c2)C1. The van der Waals surface area contributed by atoms with E-state index in [-0.39, 0.29) is 5.91 Å². The molecule has 2 unspecified atom stereocenters. The highest BCUT2D eigenvalue weighted by Crippen LogP contribution is 2.26. The third kappa shape index (κ3) is 3.14. The molecule has 0 radical (unpaired) electrons. The molecule has 0 spiro atoms. The van der Waals surface area contributed by atoms with E-state index in [1.54, 1.807) is 4.90 Å². The lowest BCUT2D eigenvalue weighted by Gasteiger charge is -2.31. The van der Waals surface area contributed by atoms with Crippen LogP contribution in [0.25, 0.3) is 0 Å². The number of likely N-dealkylation sites (tertiary alicyclic amines) is 1. The van der Waals surface area contributed by atoms with E-state index in [1.165, 1.54) is 0 Å². The van der Waals surface area contributed by atoms with Crippen LogP contribution in [0.3, 0.4) is 0 Å². The number of carboxylic acid groups (broad SMARTS) is 1. The molecule has 2 heterocycles. The summed E-state index contributed by atoms with van der Waals surface area (Å²) in [6.07, 6.45) is 2.39. The maximum atomic E-state index is 12.6. The third-order valence-corrected chi connectivity index (χ3v) is 4.59. The van der Waals surface area contributed by atoms with Gasteiger partial charge in [-0.25, -0.2) is 0 Å². The summed E-state index contributed by atoms with van der Waals surface area (Å²) in [6.45, 7) is 2.43. The van der Waals surface area contributed by atoms with E-state index in [4.69, 9.17) is 9.84 Å². The number of nitrogens with zero attached hydrogens (tertiary/aromatic N) is 1. The molecule has 118 valence electrons. The Labute approximate surface area is 129 Å². The van der Waals surface area contributed by atoms with Gasteiger partial charge in [-0.3, -0.25) is 9.59 Å². The van der Waals surface area contributed by atoms with E-state index in [0.717, 1.165) is 25.0 Å². The molecule has 0 aromatic heterocycles. The monoisotopic (exact) mass is 303 g/mol. The Bertz CT molecular complexity index is 566. The molecule has 2 saturated heterocycles. The van der Waals surface area contributed by atoms with E-state index in [2.05, 4.69) is 0 Å². The minimum Gasteiger partial charge on any atom is -0.481 e. The molecule has 0 aliphatic carbocycles. The summed E-state index contributed by atoms with van der Waals surface area (Å²) < 4.78 is 5.41. The van der Waals surface area contributed by atoms with Gasteiger partial charge < -0.3 is 14.7 Å². The number of ether oxygens (including phenoxy) is 1. The van der Waals surface area contributed by atoms with Gasteiger partial charge >= 0.3 is 5.97 Å². The third-order valence-electron chi connectivity index (χ3n) is 4.59. The van der Waals surface area contributed by atoms with Gasteiger partial charge in [0, 0.05) is 31.2 Å². The lowest BCUT2D eigenvalue weighted by Crippen LogP contribution is -2.42. The summed E-state index contributed by atoms with van der Waals surface area (Å²) in [5.41, 5.74) is 1.78. The summed E-state index contributed by atoms with van der Waals surface area (Å²) in [4.78, 5) is 25.4. The number of benzene rings is 1. The van der Waals surface area contributed by atoms with Gasteiger partial charge in [-0.2, -0.15) is 0 Å². The van der Waals surface area contributed by atoms with Gasteiger partial charge in [0.2, 0.25) is 0 Å². The maximum absolute atomic E-state index is 12.6. The van der Waals surface area contributed by atoms with Crippen molar-refractivity contribution in [2.75, 3.05) is 26.3 Å². The Morgan fingerprint density at radius 1 is 1.27 bits per heavy atom. The number of hydrogen-bond donors (Lipinski definition) is 1. The Kier molecular flexibility index (Phi) is 4.43. The summed E-state index contributed by atoms with van der Waals surface area (Å²) in [5, 5.41) is 9.14. The first-order valence-corrected chi connectivity index (χ1v) is 7.85. The lowest BCUT2D eigenvalue weighted by molar-refractivity contribution is -0.143. The first kappa shape index (κ1) is 15.0. The van der Waals surface area contributed by atoms with Crippen molar-refractivity contribution in [3.05, 3.63) is 35.4 Å². The zero-order chi connectivity index (χ0) is 15.5. The zero-order valence-electron chi connectivity index (χ0n) is 12.5. The Morgan fingerprint density at radius 2 is 2.14 bits per heavy atom. The molecule has 22 heavy (non-hydrogen) atoms. The van der Waals surface area contributed by atoms with Gasteiger partial charge in [0.25, 0.3) is 5.91 Å². The highest BCUT2D eigenvalue weighted by atomic mass is 16.5. The van der Waals surface area contributed by atoms with Gasteiger partial charge in [0.15, 0.2) is 0 Å². The van der Waals surface area contributed by atoms with Crippen LogP contribution in [0.2, 0.25) is 0 Å². The van der Waals surface area contributed by atoms with Crippen molar-refractivity contribution in [2.45, 2.75) is 25.2 Å². The fourth-order valence-electron chi connectivity index (χ4n) is 3.27. The smallest absolute Gasteiger partial charge is 0.308 e. The molecule has 2 fully saturated rings. The van der Waals surface area contributed by atoms with Gasteiger partial charge in [0.05, 0.1) is 12.5 Å². The van der Waals surface area contributed by atoms with Crippen molar-refractivity contribution in [1.29, 1.82) is 0 Å². The van der Waals surface area contributed by atoms with Crippen LogP contribution in [-0.4, -0.2) is 48.2 Å². The molecule has 5 heteroatoms.